The van der Waals surface area contributed by atoms with E-state index in [-0.39, 0.29) is 0 Å². The molecule has 0 radical (unpaired) electrons. The summed E-state index contributed by atoms with van der Waals surface area (Å²) in [6.07, 6.45) is 3.78. The summed E-state index contributed by atoms with van der Waals surface area (Å²) in [5.41, 5.74) is 3.14. The molecule has 23 heavy (non-hydrogen) atoms. The van der Waals surface area contributed by atoms with Crippen LogP contribution in [0.2, 0.25) is 0 Å². The Balaban J connectivity index is 1.67. The van der Waals surface area contributed by atoms with E-state index in [0.29, 0.717) is 11.5 Å². The Labute approximate surface area is 139 Å². The second kappa shape index (κ2) is 5.78. The number of thiocarbonyl (C=S) groups is 1. The van der Waals surface area contributed by atoms with Crippen LogP contribution in [-0.4, -0.2) is 33.6 Å². The third kappa shape index (κ3) is 2.55. The van der Waals surface area contributed by atoms with Crippen molar-refractivity contribution < 1.29 is 0 Å². The first-order valence-corrected chi connectivity index (χ1v) is 7.77. The molecule has 2 aromatic carbocycles. The minimum atomic E-state index is 0.505. The second-order valence-electron chi connectivity index (χ2n) is 5.25. The van der Waals surface area contributed by atoms with E-state index in [1.807, 2.05) is 60.9 Å². The molecule has 1 aliphatic heterocycles. The average Bonchev–Trinajstić information content (AvgIpc) is 3.17. The molecule has 3 aromatic rings. The van der Waals surface area contributed by atoms with Crippen LogP contribution in [0.1, 0.15) is 11.1 Å². The molecule has 0 atom stereocenters. The van der Waals surface area contributed by atoms with Crippen LogP contribution in [0.3, 0.4) is 0 Å². The van der Waals surface area contributed by atoms with Crippen LogP contribution in [0, 0.1) is 0 Å². The van der Waals surface area contributed by atoms with Crippen molar-refractivity contribution in [3.05, 3.63) is 71.9 Å². The number of hydrogen-bond donors (Lipinski definition) is 1. The standard InChI is InChI=1S/C18H14N4S/c23-17-12-20-18(13-6-2-1-3-7-13)22(17)21-11-14-10-19-16-9-5-4-8-15(14)16/h1-11,19H,12H2/b21-11+. The van der Waals surface area contributed by atoms with Gasteiger partial charge in [-0.25, -0.2) is 5.01 Å². The zero-order chi connectivity index (χ0) is 15.6. The lowest BCUT2D eigenvalue weighted by Crippen LogP contribution is -2.26. The number of aliphatic imine (C=N–C) groups is 1. The van der Waals surface area contributed by atoms with Gasteiger partial charge in [-0.3, -0.25) is 4.99 Å². The number of benzene rings is 2. The van der Waals surface area contributed by atoms with Crippen molar-refractivity contribution >= 4 is 40.2 Å². The molecule has 1 aliphatic rings. The highest BCUT2D eigenvalue weighted by Gasteiger charge is 2.22. The number of aromatic amines is 1. The molecule has 4 nitrogen and oxygen atoms in total. The fourth-order valence-corrected chi connectivity index (χ4v) is 2.83. The molecular weight excluding hydrogens is 304 g/mol. The number of amidine groups is 1. The monoisotopic (exact) mass is 318 g/mol. The summed E-state index contributed by atoms with van der Waals surface area (Å²) in [5, 5.41) is 7.45. The molecule has 0 bridgehead atoms. The number of aromatic nitrogens is 1. The molecule has 0 saturated heterocycles. The Hall–Kier alpha value is -2.79. The van der Waals surface area contributed by atoms with Crippen molar-refractivity contribution in [2.75, 3.05) is 6.54 Å². The van der Waals surface area contributed by atoms with Gasteiger partial charge in [0.15, 0.2) is 5.84 Å². The van der Waals surface area contributed by atoms with Gasteiger partial charge in [-0.15, -0.1) is 0 Å². The number of para-hydroxylation sites is 1. The molecule has 0 saturated carbocycles. The zero-order valence-corrected chi connectivity index (χ0v) is 13.1. The van der Waals surface area contributed by atoms with Gasteiger partial charge in [-0.2, -0.15) is 5.10 Å². The number of nitrogens with zero attached hydrogens (tertiary/aromatic N) is 3. The molecule has 0 unspecified atom stereocenters. The number of H-pyrrole nitrogens is 1. The molecule has 1 aromatic heterocycles. The van der Waals surface area contributed by atoms with E-state index in [2.05, 4.69) is 21.1 Å². The Morgan fingerprint density at radius 3 is 2.74 bits per heavy atom. The largest absolute Gasteiger partial charge is 0.361 e. The van der Waals surface area contributed by atoms with Gasteiger partial charge in [-0.1, -0.05) is 60.7 Å². The van der Waals surface area contributed by atoms with Gasteiger partial charge in [0.1, 0.15) is 4.99 Å². The van der Waals surface area contributed by atoms with Crippen molar-refractivity contribution in [3.63, 3.8) is 0 Å². The smallest absolute Gasteiger partial charge is 0.157 e. The molecule has 0 amide bonds. The number of hydrazone groups is 1. The van der Waals surface area contributed by atoms with Crippen LogP contribution in [0.4, 0.5) is 0 Å². The highest BCUT2D eigenvalue weighted by Crippen LogP contribution is 2.17. The minimum absolute atomic E-state index is 0.505. The van der Waals surface area contributed by atoms with Crippen molar-refractivity contribution in [2.45, 2.75) is 0 Å². The lowest BCUT2D eigenvalue weighted by Gasteiger charge is -2.14. The maximum absolute atomic E-state index is 5.40. The Morgan fingerprint density at radius 1 is 1.09 bits per heavy atom. The fraction of sp³-hybridized carbons (Fsp3) is 0.0556. The van der Waals surface area contributed by atoms with E-state index >= 15 is 0 Å². The zero-order valence-electron chi connectivity index (χ0n) is 12.3. The van der Waals surface area contributed by atoms with E-state index in [1.54, 1.807) is 5.01 Å². The molecule has 1 N–H and O–H groups in total. The number of hydrogen-bond acceptors (Lipinski definition) is 3. The van der Waals surface area contributed by atoms with Gasteiger partial charge in [-0.05, 0) is 6.07 Å². The number of fused-ring (bicyclic) bond motifs is 1. The Morgan fingerprint density at radius 2 is 1.87 bits per heavy atom. The van der Waals surface area contributed by atoms with Gasteiger partial charge in [0, 0.05) is 28.2 Å². The van der Waals surface area contributed by atoms with Crippen LogP contribution < -0.4 is 0 Å². The van der Waals surface area contributed by atoms with E-state index in [1.165, 1.54) is 0 Å². The molecular formula is C18H14N4S. The predicted octanol–water partition coefficient (Wildman–Crippen LogP) is 3.59. The van der Waals surface area contributed by atoms with Crippen LogP contribution >= 0.6 is 12.2 Å². The topological polar surface area (TPSA) is 43.8 Å². The maximum Gasteiger partial charge on any atom is 0.157 e. The van der Waals surface area contributed by atoms with E-state index in [4.69, 9.17) is 12.2 Å². The molecule has 2 heterocycles. The Kier molecular flexibility index (Phi) is 3.48. The molecule has 4 rings (SSSR count). The van der Waals surface area contributed by atoms with Crippen molar-refractivity contribution in [1.82, 2.24) is 9.99 Å². The highest BCUT2D eigenvalue weighted by atomic mass is 32.1. The quantitative estimate of drug-likeness (QED) is 0.592. The summed E-state index contributed by atoms with van der Waals surface area (Å²) in [6.45, 7) is 0.505. The lowest BCUT2D eigenvalue weighted by molar-refractivity contribution is 0.691. The normalized spacial score (nSPS) is 14.9. The number of nitrogens with one attached hydrogen (secondary N) is 1. The van der Waals surface area contributed by atoms with Gasteiger partial charge in [0.2, 0.25) is 0 Å². The van der Waals surface area contributed by atoms with Crippen molar-refractivity contribution in [1.29, 1.82) is 0 Å². The maximum atomic E-state index is 5.40. The third-order valence-corrected chi connectivity index (χ3v) is 4.07. The van der Waals surface area contributed by atoms with Gasteiger partial charge < -0.3 is 4.98 Å². The minimum Gasteiger partial charge on any atom is -0.361 e. The first-order valence-electron chi connectivity index (χ1n) is 7.36. The number of rotatable bonds is 3. The molecule has 0 fully saturated rings. The first-order chi connectivity index (χ1) is 11.3. The Bertz CT molecular complexity index is 924. The van der Waals surface area contributed by atoms with Crippen LogP contribution in [-0.2, 0) is 0 Å². The van der Waals surface area contributed by atoms with E-state index in [9.17, 15) is 0 Å². The average molecular weight is 318 g/mol. The molecule has 0 aliphatic carbocycles. The van der Waals surface area contributed by atoms with Crippen LogP contribution in [0.5, 0.6) is 0 Å². The fourth-order valence-electron chi connectivity index (χ4n) is 2.64. The summed E-state index contributed by atoms with van der Waals surface area (Å²) in [4.78, 5) is 8.46. The van der Waals surface area contributed by atoms with Crippen LogP contribution in [0.15, 0.2) is 70.9 Å². The summed E-state index contributed by atoms with van der Waals surface area (Å²) in [7, 11) is 0. The second-order valence-corrected chi connectivity index (χ2v) is 5.72. The summed E-state index contributed by atoms with van der Waals surface area (Å²) in [6, 6.07) is 18.1. The molecule has 112 valence electrons. The van der Waals surface area contributed by atoms with Gasteiger partial charge >= 0.3 is 0 Å². The molecule has 5 heteroatoms. The van der Waals surface area contributed by atoms with Crippen LogP contribution in [0.25, 0.3) is 10.9 Å². The third-order valence-electron chi connectivity index (χ3n) is 3.77. The van der Waals surface area contributed by atoms with E-state index in [0.717, 1.165) is 27.9 Å². The van der Waals surface area contributed by atoms with Gasteiger partial charge in [0.05, 0.1) is 12.8 Å². The predicted molar refractivity (Wildman–Crippen MR) is 98.2 cm³/mol. The molecule has 0 spiro atoms. The lowest BCUT2D eigenvalue weighted by atomic mass is 10.2. The van der Waals surface area contributed by atoms with Crippen molar-refractivity contribution in [2.24, 2.45) is 10.1 Å². The summed E-state index contributed by atoms with van der Waals surface area (Å²) < 4.78 is 0. The van der Waals surface area contributed by atoms with Crippen molar-refractivity contribution in [3.8, 4) is 0 Å². The first kappa shape index (κ1) is 13.8. The summed E-state index contributed by atoms with van der Waals surface area (Å²) in [5.74, 6) is 0.798. The highest BCUT2D eigenvalue weighted by molar-refractivity contribution is 7.80. The summed E-state index contributed by atoms with van der Waals surface area (Å²) >= 11 is 5.40. The van der Waals surface area contributed by atoms with Gasteiger partial charge in [0.25, 0.3) is 0 Å². The van der Waals surface area contributed by atoms with E-state index < -0.39 is 0 Å². The SMILES string of the molecule is S=C1CN=C(c2ccccc2)N1/N=C/c1c[nH]c2ccccc12.